The second kappa shape index (κ2) is 7.88. The summed E-state index contributed by atoms with van der Waals surface area (Å²) in [4.78, 5) is 15.4. The molecular weight excluding hydrogens is 330 g/mol. The number of rotatable bonds is 4. The van der Waals surface area contributed by atoms with E-state index < -0.39 is 0 Å². The molecule has 2 heteroatoms. The van der Waals surface area contributed by atoms with Crippen molar-refractivity contribution in [3.8, 4) is 0 Å². The maximum Gasteiger partial charge on any atom is 0.223 e. The zero-order valence-corrected chi connectivity index (χ0v) is 17.5. The quantitative estimate of drug-likeness (QED) is 0.659. The van der Waals surface area contributed by atoms with Crippen molar-refractivity contribution in [1.29, 1.82) is 0 Å². The molecule has 3 rings (SSSR count). The first-order valence-corrected chi connectivity index (χ1v) is 10.2. The number of benzene rings is 2. The lowest BCUT2D eigenvalue weighted by atomic mass is 9.83. The van der Waals surface area contributed by atoms with Crippen molar-refractivity contribution >= 4 is 5.91 Å². The minimum atomic E-state index is 0.0323. The van der Waals surface area contributed by atoms with Crippen LogP contribution < -0.4 is 0 Å². The van der Waals surface area contributed by atoms with E-state index in [-0.39, 0.29) is 17.4 Å². The second-order valence-electron chi connectivity index (χ2n) is 9.42. The Morgan fingerprint density at radius 1 is 1.11 bits per heavy atom. The zero-order chi connectivity index (χ0) is 19.6. The van der Waals surface area contributed by atoms with Gasteiger partial charge in [0.25, 0.3) is 0 Å². The molecule has 1 aliphatic heterocycles. The third-order valence-electron chi connectivity index (χ3n) is 5.48. The van der Waals surface area contributed by atoms with Crippen molar-refractivity contribution in [3.05, 3.63) is 70.8 Å². The van der Waals surface area contributed by atoms with Gasteiger partial charge in [-0.2, -0.15) is 0 Å². The van der Waals surface area contributed by atoms with Crippen molar-refractivity contribution in [2.24, 2.45) is 11.3 Å². The van der Waals surface area contributed by atoms with Gasteiger partial charge in [0.15, 0.2) is 0 Å². The summed E-state index contributed by atoms with van der Waals surface area (Å²) in [5.74, 6) is 0.681. The molecule has 1 heterocycles. The molecule has 2 nitrogen and oxygen atoms in total. The summed E-state index contributed by atoms with van der Waals surface area (Å²) in [6, 6.07) is 17.3. The van der Waals surface area contributed by atoms with Crippen LogP contribution in [0.15, 0.2) is 48.5 Å². The van der Waals surface area contributed by atoms with E-state index in [1.165, 1.54) is 22.3 Å². The molecule has 2 aromatic rings. The van der Waals surface area contributed by atoms with Crippen molar-refractivity contribution < 1.29 is 4.79 Å². The molecule has 0 radical (unpaired) electrons. The van der Waals surface area contributed by atoms with Gasteiger partial charge in [-0.25, -0.2) is 0 Å². The summed E-state index contributed by atoms with van der Waals surface area (Å²) >= 11 is 0. The normalized spacial score (nSPS) is 18.1. The van der Waals surface area contributed by atoms with Crippen molar-refractivity contribution in [1.82, 2.24) is 4.90 Å². The van der Waals surface area contributed by atoms with E-state index in [0.717, 1.165) is 19.4 Å². The lowest BCUT2D eigenvalue weighted by Gasteiger charge is -2.38. The van der Waals surface area contributed by atoms with Gasteiger partial charge in [0.05, 0.1) is 6.04 Å². The van der Waals surface area contributed by atoms with Crippen molar-refractivity contribution in [3.63, 3.8) is 0 Å². The van der Waals surface area contributed by atoms with Crippen LogP contribution in [-0.4, -0.2) is 17.4 Å². The lowest BCUT2D eigenvalue weighted by molar-refractivity contribution is -0.134. The van der Waals surface area contributed by atoms with Gasteiger partial charge in [-0.05, 0) is 47.8 Å². The van der Waals surface area contributed by atoms with Crippen LogP contribution in [0, 0.1) is 18.3 Å². The Bertz CT molecular complexity index is 785. The molecule has 27 heavy (non-hydrogen) atoms. The molecule has 144 valence electrons. The highest BCUT2D eigenvalue weighted by molar-refractivity contribution is 5.78. The molecule has 1 amide bonds. The van der Waals surface area contributed by atoms with Crippen LogP contribution in [0.1, 0.15) is 68.8 Å². The van der Waals surface area contributed by atoms with Gasteiger partial charge in [0, 0.05) is 13.0 Å². The first-order valence-electron chi connectivity index (χ1n) is 10.2. The molecule has 0 aliphatic carbocycles. The Labute approximate surface area is 164 Å². The molecule has 0 saturated heterocycles. The Kier molecular flexibility index (Phi) is 5.74. The number of nitrogens with zero attached hydrogens (tertiary/aromatic N) is 1. The van der Waals surface area contributed by atoms with Gasteiger partial charge in [0.2, 0.25) is 5.91 Å². The van der Waals surface area contributed by atoms with Crippen molar-refractivity contribution in [2.75, 3.05) is 6.54 Å². The topological polar surface area (TPSA) is 20.3 Å². The highest BCUT2D eigenvalue weighted by Gasteiger charge is 2.32. The predicted octanol–water partition coefficient (Wildman–Crippen LogP) is 5.93. The first kappa shape index (κ1) is 19.7. The maximum atomic E-state index is 13.3. The summed E-state index contributed by atoms with van der Waals surface area (Å²) in [7, 11) is 0. The number of aryl methyl sites for hydroxylation is 1. The molecule has 0 spiro atoms. The Morgan fingerprint density at radius 3 is 2.44 bits per heavy atom. The smallest absolute Gasteiger partial charge is 0.223 e. The van der Waals surface area contributed by atoms with Gasteiger partial charge in [0.1, 0.15) is 0 Å². The average molecular weight is 364 g/mol. The van der Waals surface area contributed by atoms with Crippen LogP contribution in [0.2, 0.25) is 0 Å². The number of hydrogen-bond donors (Lipinski definition) is 0. The van der Waals surface area contributed by atoms with Crippen LogP contribution in [0.3, 0.4) is 0 Å². The number of carbonyl (C=O) groups excluding carboxylic acids is 1. The van der Waals surface area contributed by atoms with Gasteiger partial charge < -0.3 is 4.90 Å². The number of hydrogen-bond acceptors (Lipinski definition) is 1. The third kappa shape index (κ3) is 4.80. The van der Waals surface area contributed by atoms with Gasteiger partial charge in [-0.3, -0.25) is 4.79 Å². The van der Waals surface area contributed by atoms with Crippen LogP contribution in [0.5, 0.6) is 0 Å². The largest absolute Gasteiger partial charge is 0.331 e. The molecular formula is C25H33NO. The van der Waals surface area contributed by atoms with Crippen LogP contribution >= 0.6 is 0 Å². The Morgan fingerprint density at radius 2 is 1.78 bits per heavy atom. The van der Waals surface area contributed by atoms with Gasteiger partial charge in [-0.1, -0.05) is 81.8 Å². The minimum Gasteiger partial charge on any atom is -0.331 e. The standard InChI is InChI=1S/C25H33NO/c1-18-10-12-21(13-11-18)24-22-9-7-6-8-20(22)14-15-26(24)23(27)16-19(2)17-25(3,4)5/h6-13,19,24H,14-17H2,1-5H3/t19-,24-/m1/s1. The van der Waals surface area contributed by atoms with Gasteiger partial charge in [-0.15, -0.1) is 0 Å². The molecule has 0 aromatic heterocycles. The fourth-order valence-electron chi connectivity index (χ4n) is 4.48. The van der Waals surface area contributed by atoms with E-state index in [1.807, 2.05) is 0 Å². The fourth-order valence-corrected chi connectivity index (χ4v) is 4.48. The molecule has 0 unspecified atom stereocenters. The molecule has 0 saturated carbocycles. The first-order chi connectivity index (χ1) is 12.7. The molecule has 2 atom stereocenters. The molecule has 0 fully saturated rings. The molecule has 1 aliphatic rings. The highest BCUT2D eigenvalue weighted by Crippen LogP contribution is 2.36. The highest BCUT2D eigenvalue weighted by atomic mass is 16.2. The molecule has 2 aromatic carbocycles. The summed E-state index contributed by atoms with van der Waals surface area (Å²) in [6.07, 6.45) is 2.64. The van der Waals surface area contributed by atoms with E-state index in [2.05, 4.69) is 88.0 Å². The summed E-state index contributed by atoms with van der Waals surface area (Å²) in [5, 5.41) is 0. The molecule has 0 bridgehead atoms. The van der Waals surface area contributed by atoms with Crippen molar-refractivity contribution in [2.45, 2.75) is 59.9 Å². The number of carbonyl (C=O) groups is 1. The minimum absolute atomic E-state index is 0.0323. The summed E-state index contributed by atoms with van der Waals surface area (Å²) in [6.45, 7) is 11.9. The van der Waals surface area contributed by atoms with E-state index in [0.29, 0.717) is 12.3 Å². The maximum absolute atomic E-state index is 13.3. The third-order valence-corrected chi connectivity index (χ3v) is 5.48. The van der Waals surface area contributed by atoms with E-state index in [1.54, 1.807) is 0 Å². The van der Waals surface area contributed by atoms with E-state index >= 15 is 0 Å². The fraction of sp³-hybridized carbons (Fsp3) is 0.480. The summed E-state index contributed by atoms with van der Waals surface area (Å²) in [5.41, 5.74) is 5.37. The SMILES string of the molecule is Cc1ccc([C@@H]2c3ccccc3CCN2C(=O)C[C@@H](C)CC(C)(C)C)cc1. The Balaban J connectivity index is 1.89. The monoisotopic (exact) mass is 363 g/mol. The second-order valence-corrected chi connectivity index (χ2v) is 9.42. The lowest BCUT2D eigenvalue weighted by Crippen LogP contribution is -2.41. The zero-order valence-electron chi connectivity index (χ0n) is 17.5. The van der Waals surface area contributed by atoms with E-state index in [9.17, 15) is 4.79 Å². The number of amides is 1. The Hall–Kier alpha value is -2.09. The summed E-state index contributed by atoms with van der Waals surface area (Å²) < 4.78 is 0. The predicted molar refractivity (Wildman–Crippen MR) is 113 cm³/mol. The number of fused-ring (bicyclic) bond motifs is 1. The van der Waals surface area contributed by atoms with Crippen LogP contribution in [0.4, 0.5) is 0 Å². The van der Waals surface area contributed by atoms with E-state index in [4.69, 9.17) is 0 Å². The van der Waals surface area contributed by atoms with Crippen LogP contribution in [-0.2, 0) is 11.2 Å². The van der Waals surface area contributed by atoms with Crippen LogP contribution in [0.25, 0.3) is 0 Å². The average Bonchev–Trinajstić information content (AvgIpc) is 2.59. The van der Waals surface area contributed by atoms with Gasteiger partial charge >= 0.3 is 0 Å². The molecule has 0 N–H and O–H groups in total.